The van der Waals surface area contributed by atoms with Crippen LogP contribution in [0.4, 0.5) is 0 Å². The van der Waals surface area contributed by atoms with Gasteiger partial charge in [0.1, 0.15) is 5.15 Å². The van der Waals surface area contributed by atoms with Gasteiger partial charge in [0, 0.05) is 30.6 Å². The summed E-state index contributed by atoms with van der Waals surface area (Å²) in [5.74, 6) is 0.0705. The number of nitrogens with zero attached hydrogens (tertiary/aromatic N) is 2. The van der Waals surface area contributed by atoms with Crippen molar-refractivity contribution in [2.75, 3.05) is 13.1 Å². The molecule has 0 spiro atoms. The average molecular weight is 290 g/mol. The predicted molar refractivity (Wildman–Crippen MR) is 79.6 cm³/mol. The number of aromatic nitrogens is 1. The van der Waals surface area contributed by atoms with Crippen molar-refractivity contribution in [2.24, 2.45) is 0 Å². The van der Waals surface area contributed by atoms with E-state index < -0.39 is 0 Å². The van der Waals surface area contributed by atoms with Crippen LogP contribution in [0, 0.1) is 0 Å². The van der Waals surface area contributed by atoms with Crippen molar-refractivity contribution in [2.45, 2.75) is 19.5 Å². The van der Waals surface area contributed by atoms with Crippen LogP contribution >= 0.6 is 11.6 Å². The first-order valence-electron chi connectivity index (χ1n) is 6.71. The van der Waals surface area contributed by atoms with Crippen molar-refractivity contribution in [3.8, 4) is 0 Å². The molecule has 1 aliphatic rings. The quantitative estimate of drug-likeness (QED) is 0.862. The van der Waals surface area contributed by atoms with E-state index in [2.05, 4.69) is 21.3 Å². The number of nitrogens with one attached hydrogen (secondary N) is 1. The molecule has 4 nitrogen and oxygen atoms in total. The highest BCUT2D eigenvalue weighted by molar-refractivity contribution is 6.30. The van der Waals surface area contributed by atoms with Crippen LogP contribution in [0.15, 0.2) is 30.3 Å². The summed E-state index contributed by atoms with van der Waals surface area (Å²) in [6.07, 6.45) is 0. The molecule has 1 saturated heterocycles. The number of carbonyl (C=O) groups excluding carboxylic acids is 1. The third kappa shape index (κ3) is 2.49. The van der Waals surface area contributed by atoms with Crippen molar-refractivity contribution >= 4 is 28.4 Å². The minimum absolute atomic E-state index is 0.0705. The van der Waals surface area contributed by atoms with E-state index in [0.29, 0.717) is 18.2 Å². The van der Waals surface area contributed by atoms with E-state index in [0.717, 1.165) is 23.0 Å². The monoisotopic (exact) mass is 289 g/mol. The smallest absolute Gasteiger partial charge is 0.237 e. The van der Waals surface area contributed by atoms with Gasteiger partial charge in [-0.15, -0.1) is 0 Å². The number of para-hydroxylation sites is 1. The van der Waals surface area contributed by atoms with Crippen molar-refractivity contribution in [1.82, 2.24) is 15.2 Å². The van der Waals surface area contributed by atoms with Crippen LogP contribution in [0.2, 0.25) is 5.15 Å². The maximum Gasteiger partial charge on any atom is 0.237 e. The summed E-state index contributed by atoms with van der Waals surface area (Å²) in [5.41, 5.74) is 1.86. The van der Waals surface area contributed by atoms with E-state index in [1.165, 1.54) is 0 Å². The van der Waals surface area contributed by atoms with Gasteiger partial charge < -0.3 is 5.32 Å². The summed E-state index contributed by atoms with van der Waals surface area (Å²) in [7, 11) is 0. The number of hydrogen-bond acceptors (Lipinski definition) is 3. The SMILES string of the molecule is CC1C(=O)NCCN1Cc1cc2ccccc2nc1Cl. The Morgan fingerprint density at radius 3 is 3.10 bits per heavy atom. The van der Waals surface area contributed by atoms with Gasteiger partial charge in [-0.3, -0.25) is 9.69 Å². The number of benzene rings is 1. The first-order chi connectivity index (χ1) is 9.65. The first kappa shape index (κ1) is 13.3. The minimum atomic E-state index is -0.133. The Hall–Kier alpha value is -1.65. The largest absolute Gasteiger partial charge is 0.353 e. The van der Waals surface area contributed by atoms with Crippen LogP contribution < -0.4 is 5.32 Å². The van der Waals surface area contributed by atoms with Gasteiger partial charge >= 0.3 is 0 Å². The molecule has 1 fully saturated rings. The Labute approximate surface area is 122 Å². The van der Waals surface area contributed by atoms with Crippen LogP contribution in [-0.2, 0) is 11.3 Å². The molecule has 2 aromatic rings. The molecule has 1 atom stereocenters. The normalized spacial score (nSPS) is 20.1. The van der Waals surface area contributed by atoms with Crippen molar-refractivity contribution in [1.29, 1.82) is 0 Å². The number of fused-ring (bicyclic) bond motifs is 1. The summed E-state index contributed by atoms with van der Waals surface area (Å²) in [6.45, 7) is 4.07. The van der Waals surface area contributed by atoms with Crippen LogP contribution in [0.3, 0.4) is 0 Å². The molecule has 3 rings (SSSR count). The predicted octanol–water partition coefficient (Wildman–Crippen LogP) is 2.21. The molecule has 0 saturated carbocycles. The topological polar surface area (TPSA) is 45.2 Å². The van der Waals surface area contributed by atoms with Gasteiger partial charge in [-0.2, -0.15) is 0 Å². The van der Waals surface area contributed by atoms with Crippen molar-refractivity contribution in [3.05, 3.63) is 41.0 Å². The van der Waals surface area contributed by atoms with Gasteiger partial charge in [0.2, 0.25) is 5.91 Å². The number of hydrogen-bond donors (Lipinski definition) is 1. The lowest BCUT2D eigenvalue weighted by Crippen LogP contribution is -2.53. The second-order valence-electron chi connectivity index (χ2n) is 5.07. The Kier molecular flexibility index (Phi) is 3.59. The molecular weight excluding hydrogens is 274 g/mol. The van der Waals surface area contributed by atoms with Crippen LogP contribution in [0.1, 0.15) is 12.5 Å². The zero-order valence-electron chi connectivity index (χ0n) is 11.3. The highest BCUT2D eigenvalue weighted by Crippen LogP contribution is 2.22. The molecule has 20 heavy (non-hydrogen) atoms. The number of amides is 1. The lowest BCUT2D eigenvalue weighted by molar-refractivity contribution is -0.128. The lowest BCUT2D eigenvalue weighted by Gasteiger charge is -2.32. The Balaban J connectivity index is 1.90. The van der Waals surface area contributed by atoms with Crippen LogP contribution in [-0.4, -0.2) is 34.9 Å². The maximum atomic E-state index is 11.7. The average Bonchev–Trinajstić information content (AvgIpc) is 2.44. The number of piperazine rings is 1. The number of halogens is 1. The number of pyridine rings is 1. The molecule has 0 radical (unpaired) electrons. The molecule has 104 valence electrons. The second kappa shape index (κ2) is 5.38. The van der Waals surface area contributed by atoms with Gasteiger partial charge in [-0.05, 0) is 19.1 Å². The number of rotatable bonds is 2. The molecule has 5 heteroatoms. The zero-order chi connectivity index (χ0) is 14.1. The molecule has 1 unspecified atom stereocenters. The summed E-state index contributed by atoms with van der Waals surface area (Å²) in [6, 6.07) is 9.83. The van der Waals surface area contributed by atoms with E-state index in [9.17, 15) is 4.79 Å². The van der Waals surface area contributed by atoms with E-state index in [4.69, 9.17) is 11.6 Å². The fourth-order valence-electron chi connectivity index (χ4n) is 2.51. The highest BCUT2D eigenvalue weighted by atomic mass is 35.5. The molecule has 1 aliphatic heterocycles. The van der Waals surface area contributed by atoms with Gasteiger partial charge in [-0.1, -0.05) is 29.8 Å². The second-order valence-corrected chi connectivity index (χ2v) is 5.43. The van der Waals surface area contributed by atoms with Crippen molar-refractivity contribution in [3.63, 3.8) is 0 Å². The summed E-state index contributed by atoms with van der Waals surface area (Å²) in [4.78, 5) is 18.2. The van der Waals surface area contributed by atoms with Gasteiger partial charge in [0.25, 0.3) is 0 Å². The molecule has 2 heterocycles. The number of carbonyl (C=O) groups is 1. The van der Waals surface area contributed by atoms with E-state index in [1.807, 2.05) is 31.2 Å². The summed E-state index contributed by atoms with van der Waals surface area (Å²) >= 11 is 6.27. The molecule has 0 bridgehead atoms. The van der Waals surface area contributed by atoms with E-state index >= 15 is 0 Å². The first-order valence-corrected chi connectivity index (χ1v) is 7.09. The Morgan fingerprint density at radius 1 is 1.45 bits per heavy atom. The van der Waals surface area contributed by atoms with Crippen LogP contribution in [0.25, 0.3) is 10.9 Å². The van der Waals surface area contributed by atoms with Gasteiger partial charge in [0.15, 0.2) is 0 Å². The fraction of sp³-hybridized carbons (Fsp3) is 0.333. The summed E-state index contributed by atoms with van der Waals surface area (Å²) < 4.78 is 0. The van der Waals surface area contributed by atoms with Gasteiger partial charge in [0.05, 0.1) is 11.6 Å². The molecule has 1 aromatic heterocycles. The van der Waals surface area contributed by atoms with E-state index in [-0.39, 0.29) is 11.9 Å². The highest BCUT2D eigenvalue weighted by Gasteiger charge is 2.25. The van der Waals surface area contributed by atoms with Crippen LogP contribution in [0.5, 0.6) is 0 Å². The molecular formula is C15H16ClN3O. The molecule has 1 N–H and O–H groups in total. The van der Waals surface area contributed by atoms with Crippen molar-refractivity contribution < 1.29 is 4.79 Å². The molecule has 1 amide bonds. The third-order valence-electron chi connectivity index (χ3n) is 3.75. The Morgan fingerprint density at radius 2 is 2.25 bits per heavy atom. The third-order valence-corrected chi connectivity index (χ3v) is 4.08. The lowest BCUT2D eigenvalue weighted by atomic mass is 10.1. The maximum absolute atomic E-state index is 11.7. The molecule has 0 aliphatic carbocycles. The Bertz CT molecular complexity index is 659. The fourth-order valence-corrected chi connectivity index (χ4v) is 2.72. The van der Waals surface area contributed by atoms with Gasteiger partial charge in [-0.25, -0.2) is 4.98 Å². The zero-order valence-corrected chi connectivity index (χ0v) is 12.0. The van der Waals surface area contributed by atoms with E-state index in [1.54, 1.807) is 0 Å². The standard InChI is InChI=1S/C15H16ClN3O/c1-10-15(20)17-6-7-19(10)9-12-8-11-4-2-3-5-13(11)18-14(12)16/h2-5,8,10H,6-7,9H2,1H3,(H,17,20). The molecule has 1 aromatic carbocycles. The summed E-state index contributed by atoms with van der Waals surface area (Å²) in [5, 5.41) is 4.45. The minimum Gasteiger partial charge on any atom is -0.353 e.